The van der Waals surface area contributed by atoms with Gasteiger partial charge in [0.05, 0.1) is 5.92 Å². The second kappa shape index (κ2) is 7.69. The molecule has 1 aliphatic rings. The highest BCUT2D eigenvalue weighted by molar-refractivity contribution is 5.72. The first-order chi connectivity index (χ1) is 7.34. The van der Waals surface area contributed by atoms with Gasteiger partial charge in [-0.2, -0.15) is 0 Å². The van der Waals surface area contributed by atoms with E-state index >= 15 is 0 Å². The van der Waals surface area contributed by atoms with E-state index in [0.717, 1.165) is 32.4 Å². The molecule has 0 aliphatic heterocycles. The average Bonchev–Trinajstić information content (AvgIpc) is 2.30. The number of ether oxygens (including phenoxy) is 1. The van der Waals surface area contributed by atoms with Crippen molar-refractivity contribution < 1.29 is 9.53 Å². The van der Waals surface area contributed by atoms with Crippen LogP contribution in [0.25, 0.3) is 0 Å². The number of carbonyl (C=O) groups is 1. The standard InChI is InChI=1S/C12H23NO2/c1-2-8-13-9-10-15-12(14)11-6-4-3-5-7-11/h11,13H,2-10H2,1H3. The predicted molar refractivity (Wildman–Crippen MR) is 60.7 cm³/mol. The molecular weight excluding hydrogens is 190 g/mol. The SMILES string of the molecule is CCCNCCOC(=O)C1CCCCC1. The van der Waals surface area contributed by atoms with E-state index in [2.05, 4.69) is 12.2 Å². The Morgan fingerprint density at radius 1 is 1.27 bits per heavy atom. The van der Waals surface area contributed by atoms with Crippen molar-refractivity contribution in [2.24, 2.45) is 5.92 Å². The highest BCUT2D eigenvalue weighted by Crippen LogP contribution is 2.24. The van der Waals surface area contributed by atoms with Crippen LogP contribution in [0.5, 0.6) is 0 Å². The summed E-state index contributed by atoms with van der Waals surface area (Å²) in [6.07, 6.45) is 6.84. The molecule has 0 spiro atoms. The van der Waals surface area contributed by atoms with E-state index in [-0.39, 0.29) is 11.9 Å². The van der Waals surface area contributed by atoms with Gasteiger partial charge in [-0.1, -0.05) is 26.2 Å². The van der Waals surface area contributed by atoms with Gasteiger partial charge in [-0.3, -0.25) is 4.79 Å². The zero-order valence-electron chi connectivity index (χ0n) is 9.76. The fourth-order valence-corrected chi connectivity index (χ4v) is 1.98. The van der Waals surface area contributed by atoms with Gasteiger partial charge >= 0.3 is 5.97 Å². The predicted octanol–water partition coefficient (Wildman–Crippen LogP) is 2.11. The van der Waals surface area contributed by atoms with Gasteiger partial charge in [-0.05, 0) is 25.8 Å². The molecule has 1 fully saturated rings. The molecule has 15 heavy (non-hydrogen) atoms. The van der Waals surface area contributed by atoms with Crippen molar-refractivity contribution in [3.05, 3.63) is 0 Å². The number of esters is 1. The van der Waals surface area contributed by atoms with Gasteiger partial charge in [0.2, 0.25) is 0 Å². The first kappa shape index (κ1) is 12.5. The maximum absolute atomic E-state index is 11.6. The highest BCUT2D eigenvalue weighted by atomic mass is 16.5. The molecule has 0 aromatic carbocycles. The number of carbonyl (C=O) groups excluding carboxylic acids is 1. The van der Waals surface area contributed by atoms with E-state index in [1.165, 1.54) is 19.3 Å². The van der Waals surface area contributed by atoms with E-state index in [1.807, 2.05) is 0 Å². The van der Waals surface area contributed by atoms with Crippen molar-refractivity contribution in [3.8, 4) is 0 Å². The average molecular weight is 213 g/mol. The van der Waals surface area contributed by atoms with Crippen LogP contribution in [-0.4, -0.2) is 25.7 Å². The number of rotatable bonds is 6. The summed E-state index contributed by atoms with van der Waals surface area (Å²) in [4.78, 5) is 11.6. The molecule has 0 bridgehead atoms. The molecule has 0 saturated heterocycles. The lowest BCUT2D eigenvalue weighted by atomic mass is 9.89. The molecule has 0 amide bonds. The van der Waals surface area contributed by atoms with Crippen LogP contribution in [0.1, 0.15) is 45.4 Å². The maximum Gasteiger partial charge on any atom is 0.308 e. The minimum absolute atomic E-state index is 0.0213. The fourth-order valence-electron chi connectivity index (χ4n) is 1.98. The van der Waals surface area contributed by atoms with Crippen LogP contribution in [0, 0.1) is 5.92 Å². The van der Waals surface area contributed by atoms with Crippen molar-refractivity contribution in [1.29, 1.82) is 0 Å². The quantitative estimate of drug-likeness (QED) is 0.542. The Morgan fingerprint density at radius 3 is 2.67 bits per heavy atom. The van der Waals surface area contributed by atoms with Gasteiger partial charge < -0.3 is 10.1 Å². The van der Waals surface area contributed by atoms with Crippen molar-refractivity contribution in [2.45, 2.75) is 45.4 Å². The number of hydrogen-bond donors (Lipinski definition) is 1. The van der Waals surface area contributed by atoms with Gasteiger partial charge in [-0.25, -0.2) is 0 Å². The summed E-state index contributed by atoms with van der Waals surface area (Å²) in [6, 6.07) is 0. The molecule has 0 heterocycles. The van der Waals surface area contributed by atoms with Crippen LogP contribution in [0.15, 0.2) is 0 Å². The Kier molecular flexibility index (Phi) is 6.41. The molecule has 0 aromatic heterocycles. The molecule has 1 rings (SSSR count). The van der Waals surface area contributed by atoms with Crippen molar-refractivity contribution >= 4 is 5.97 Å². The Labute approximate surface area is 92.6 Å². The summed E-state index contributed by atoms with van der Waals surface area (Å²) in [5.41, 5.74) is 0. The van der Waals surface area contributed by atoms with Crippen LogP contribution in [-0.2, 0) is 9.53 Å². The lowest BCUT2D eigenvalue weighted by Crippen LogP contribution is -2.26. The summed E-state index contributed by atoms with van der Waals surface area (Å²) in [5.74, 6) is 0.206. The van der Waals surface area contributed by atoms with Crippen LogP contribution in [0.3, 0.4) is 0 Å². The molecule has 1 N–H and O–H groups in total. The Balaban J connectivity index is 2.02. The molecular formula is C12H23NO2. The van der Waals surface area contributed by atoms with E-state index in [1.54, 1.807) is 0 Å². The molecule has 1 saturated carbocycles. The van der Waals surface area contributed by atoms with Gasteiger partial charge in [0, 0.05) is 6.54 Å². The third kappa shape index (κ3) is 5.17. The van der Waals surface area contributed by atoms with Gasteiger partial charge in [0.25, 0.3) is 0 Å². The molecule has 1 aliphatic carbocycles. The third-order valence-electron chi connectivity index (χ3n) is 2.89. The van der Waals surface area contributed by atoms with Crippen LogP contribution in [0.2, 0.25) is 0 Å². The minimum Gasteiger partial charge on any atom is -0.464 e. The van der Waals surface area contributed by atoms with Crippen LogP contribution < -0.4 is 5.32 Å². The third-order valence-corrected chi connectivity index (χ3v) is 2.89. The summed E-state index contributed by atoms with van der Waals surface area (Å²) in [7, 11) is 0. The summed E-state index contributed by atoms with van der Waals surface area (Å²) < 4.78 is 5.23. The lowest BCUT2D eigenvalue weighted by molar-refractivity contribution is -0.149. The van der Waals surface area contributed by atoms with Crippen LogP contribution in [0.4, 0.5) is 0 Å². The zero-order chi connectivity index (χ0) is 10.9. The monoisotopic (exact) mass is 213 g/mol. The molecule has 0 atom stereocenters. The van der Waals surface area contributed by atoms with E-state index < -0.39 is 0 Å². The zero-order valence-corrected chi connectivity index (χ0v) is 9.76. The topological polar surface area (TPSA) is 38.3 Å². The van der Waals surface area contributed by atoms with Gasteiger partial charge in [-0.15, -0.1) is 0 Å². The molecule has 0 aromatic rings. The molecule has 3 nitrogen and oxygen atoms in total. The molecule has 0 radical (unpaired) electrons. The second-order valence-electron chi connectivity index (χ2n) is 4.25. The summed E-state index contributed by atoms with van der Waals surface area (Å²) in [5, 5.41) is 3.22. The molecule has 88 valence electrons. The Bertz CT molecular complexity index is 176. The van der Waals surface area contributed by atoms with Crippen LogP contribution >= 0.6 is 0 Å². The maximum atomic E-state index is 11.6. The number of nitrogens with one attached hydrogen (secondary N) is 1. The summed E-state index contributed by atoms with van der Waals surface area (Å²) >= 11 is 0. The van der Waals surface area contributed by atoms with E-state index in [4.69, 9.17) is 4.74 Å². The lowest BCUT2D eigenvalue weighted by Gasteiger charge is -2.19. The largest absolute Gasteiger partial charge is 0.464 e. The van der Waals surface area contributed by atoms with Gasteiger partial charge in [0.1, 0.15) is 6.61 Å². The van der Waals surface area contributed by atoms with E-state index in [9.17, 15) is 4.79 Å². The second-order valence-corrected chi connectivity index (χ2v) is 4.25. The van der Waals surface area contributed by atoms with E-state index in [0.29, 0.717) is 6.61 Å². The van der Waals surface area contributed by atoms with Crippen molar-refractivity contribution in [3.63, 3.8) is 0 Å². The highest BCUT2D eigenvalue weighted by Gasteiger charge is 2.21. The summed E-state index contributed by atoms with van der Waals surface area (Å²) in [6.45, 7) is 4.43. The van der Waals surface area contributed by atoms with Gasteiger partial charge in [0.15, 0.2) is 0 Å². The van der Waals surface area contributed by atoms with Crippen molar-refractivity contribution in [2.75, 3.05) is 19.7 Å². The Morgan fingerprint density at radius 2 is 2.00 bits per heavy atom. The molecule has 3 heteroatoms. The Hall–Kier alpha value is -0.570. The minimum atomic E-state index is 0.0213. The van der Waals surface area contributed by atoms with Crippen molar-refractivity contribution in [1.82, 2.24) is 5.32 Å². The number of hydrogen-bond acceptors (Lipinski definition) is 3. The fraction of sp³-hybridized carbons (Fsp3) is 0.917. The first-order valence-electron chi connectivity index (χ1n) is 6.22. The first-order valence-corrected chi connectivity index (χ1v) is 6.22. The molecule has 0 unspecified atom stereocenters. The smallest absolute Gasteiger partial charge is 0.308 e. The normalized spacial score (nSPS) is 17.7.